The van der Waals surface area contributed by atoms with Crippen LogP contribution in [0.4, 0.5) is 0 Å². The first kappa shape index (κ1) is 21.3. The van der Waals surface area contributed by atoms with Crippen LogP contribution in [-0.4, -0.2) is 9.97 Å². The van der Waals surface area contributed by atoms with Crippen molar-refractivity contribution in [2.24, 2.45) is 0 Å². The summed E-state index contributed by atoms with van der Waals surface area (Å²) in [5, 5.41) is 2.28. The molecule has 7 rings (SSSR count). The average Bonchev–Trinajstić information content (AvgIpc) is 3.36. The van der Waals surface area contributed by atoms with Crippen molar-refractivity contribution in [3.05, 3.63) is 133 Å². The number of rotatable bonds is 4. The van der Waals surface area contributed by atoms with Gasteiger partial charge >= 0.3 is 0 Å². The third-order valence-corrected chi connectivity index (χ3v) is 6.72. The number of aromatic nitrogens is 2. The lowest BCUT2D eigenvalue weighted by atomic mass is 10.0. The van der Waals surface area contributed by atoms with Crippen molar-refractivity contribution in [3.8, 4) is 45.0 Å². The fourth-order valence-electron chi connectivity index (χ4n) is 4.81. The molecule has 0 aliphatic rings. The number of benzene rings is 5. The van der Waals surface area contributed by atoms with Gasteiger partial charge in [0, 0.05) is 27.5 Å². The van der Waals surface area contributed by atoms with Crippen molar-refractivity contribution in [2.75, 3.05) is 0 Å². The first-order chi connectivity index (χ1) is 18.3. The Balaban J connectivity index is 1.29. The lowest BCUT2D eigenvalue weighted by Gasteiger charge is -2.10. The van der Waals surface area contributed by atoms with Crippen LogP contribution < -0.4 is 0 Å². The number of nitrogens with zero attached hydrogens (tertiary/aromatic N) is 2. The van der Waals surface area contributed by atoms with Gasteiger partial charge in [0.05, 0.1) is 11.4 Å². The van der Waals surface area contributed by atoms with Gasteiger partial charge < -0.3 is 4.42 Å². The normalized spacial score (nSPS) is 11.2. The van der Waals surface area contributed by atoms with E-state index in [1.54, 1.807) is 0 Å². The van der Waals surface area contributed by atoms with Crippen LogP contribution in [0.5, 0.6) is 0 Å². The number of furan rings is 1. The van der Waals surface area contributed by atoms with Gasteiger partial charge in [0.15, 0.2) is 5.82 Å². The molecule has 0 aliphatic heterocycles. The third-order valence-electron chi connectivity index (χ3n) is 6.72. The second kappa shape index (κ2) is 8.89. The van der Waals surface area contributed by atoms with Gasteiger partial charge in [-0.2, -0.15) is 0 Å². The molecule has 3 nitrogen and oxygen atoms in total. The molecule has 5 aromatic carbocycles. The molecule has 0 N–H and O–H groups in total. The Labute approximate surface area is 214 Å². The van der Waals surface area contributed by atoms with Crippen molar-refractivity contribution < 1.29 is 4.42 Å². The van der Waals surface area contributed by atoms with Crippen LogP contribution in [0.25, 0.3) is 67.0 Å². The molecule has 2 aromatic heterocycles. The van der Waals surface area contributed by atoms with Gasteiger partial charge in [-0.1, -0.05) is 109 Å². The fourth-order valence-corrected chi connectivity index (χ4v) is 4.81. The van der Waals surface area contributed by atoms with E-state index in [9.17, 15) is 0 Å². The molecule has 174 valence electrons. The third kappa shape index (κ3) is 3.97. The van der Waals surface area contributed by atoms with Crippen LogP contribution in [0.15, 0.2) is 138 Å². The minimum atomic E-state index is 0.719. The van der Waals surface area contributed by atoms with E-state index in [1.165, 1.54) is 0 Å². The van der Waals surface area contributed by atoms with E-state index < -0.39 is 0 Å². The summed E-state index contributed by atoms with van der Waals surface area (Å²) in [4.78, 5) is 9.83. The molecule has 3 heteroatoms. The van der Waals surface area contributed by atoms with Crippen LogP contribution >= 0.6 is 0 Å². The molecule has 0 radical (unpaired) electrons. The highest BCUT2D eigenvalue weighted by Crippen LogP contribution is 2.33. The molecule has 0 saturated carbocycles. The predicted molar refractivity (Wildman–Crippen MR) is 151 cm³/mol. The van der Waals surface area contributed by atoms with Gasteiger partial charge in [0.2, 0.25) is 0 Å². The van der Waals surface area contributed by atoms with Gasteiger partial charge in [-0.15, -0.1) is 0 Å². The molecule has 0 amide bonds. The summed E-state index contributed by atoms with van der Waals surface area (Å²) in [5.41, 5.74) is 8.98. The summed E-state index contributed by atoms with van der Waals surface area (Å²) >= 11 is 0. The largest absolute Gasteiger partial charge is 0.456 e. The molecule has 0 aliphatic carbocycles. The summed E-state index contributed by atoms with van der Waals surface area (Å²) in [5.74, 6) is 0.719. The maximum absolute atomic E-state index is 6.10. The van der Waals surface area contributed by atoms with E-state index in [2.05, 4.69) is 66.7 Å². The van der Waals surface area contributed by atoms with Gasteiger partial charge in [-0.05, 0) is 35.4 Å². The Kier molecular flexibility index (Phi) is 5.11. The molecule has 0 bridgehead atoms. The van der Waals surface area contributed by atoms with Crippen LogP contribution in [0.3, 0.4) is 0 Å². The molecule has 0 atom stereocenters. The van der Waals surface area contributed by atoms with Crippen LogP contribution in [0.1, 0.15) is 0 Å². The highest BCUT2D eigenvalue weighted by Gasteiger charge is 2.12. The summed E-state index contributed by atoms with van der Waals surface area (Å²) in [7, 11) is 0. The molecule has 0 unspecified atom stereocenters. The molecular weight excluding hydrogens is 452 g/mol. The highest BCUT2D eigenvalue weighted by atomic mass is 16.3. The van der Waals surface area contributed by atoms with Crippen molar-refractivity contribution in [2.45, 2.75) is 0 Å². The van der Waals surface area contributed by atoms with E-state index in [1.807, 2.05) is 66.7 Å². The van der Waals surface area contributed by atoms with E-state index >= 15 is 0 Å². The zero-order chi connectivity index (χ0) is 24.6. The summed E-state index contributed by atoms with van der Waals surface area (Å²) in [6.45, 7) is 0. The Bertz CT molecular complexity index is 1800. The van der Waals surface area contributed by atoms with E-state index in [-0.39, 0.29) is 0 Å². The number of fused-ring (bicyclic) bond motifs is 3. The summed E-state index contributed by atoms with van der Waals surface area (Å²) in [6, 6.07) is 45.6. The monoisotopic (exact) mass is 474 g/mol. The maximum Gasteiger partial charge on any atom is 0.160 e. The topological polar surface area (TPSA) is 38.9 Å². The highest BCUT2D eigenvalue weighted by molar-refractivity contribution is 6.05. The molecule has 0 saturated heterocycles. The maximum atomic E-state index is 6.10. The molecular formula is C34H22N2O. The molecule has 0 spiro atoms. The summed E-state index contributed by atoms with van der Waals surface area (Å²) < 4.78 is 6.10. The SMILES string of the molecule is c1ccc(-c2cc(-c3ccc(-c4ccc5c(c4)oc4ccccc45)cc3)nc(-c3ccccc3)n2)cc1. The number of hydrogen-bond donors (Lipinski definition) is 0. The zero-order valence-electron chi connectivity index (χ0n) is 20.0. The first-order valence-electron chi connectivity index (χ1n) is 12.3. The Morgan fingerprint density at radius 1 is 0.378 bits per heavy atom. The average molecular weight is 475 g/mol. The van der Waals surface area contributed by atoms with Crippen molar-refractivity contribution >= 4 is 21.9 Å². The minimum absolute atomic E-state index is 0.719. The zero-order valence-corrected chi connectivity index (χ0v) is 20.0. The number of hydrogen-bond acceptors (Lipinski definition) is 3. The lowest BCUT2D eigenvalue weighted by molar-refractivity contribution is 0.669. The smallest absolute Gasteiger partial charge is 0.160 e. The van der Waals surface area contributed by atoms with E-state index in [4.69, 9.17) is 14.4 Å². The van der Waals surface area contributed by atoms with Gasteiger partial charge in [0.25, 0.3) is 0 Å². The molecule has 0 fully saturated rings. The van der Waals surface area contributed by atoms with E-state index in [0.29, 0.717) is 0 Å². The van der Waals surface area contributed by atoms with Crippen LogP contribution in [0, 0.1) is 0 Å². The van der Waals surface area contributed by atoms with Crippen molar-refractivity contribution in [3.63, 3.8) is 0 Å². The standard InChI is InChI=1S/C34H22N2O/c1-3-9-24(10-4-1)30-22-31(36-34(35-30)26-11-5-2-6-12-26)25-17-15-23(16-18-25)27-19-20-29-28-13-7-8-14-32(28)37-33(29)21-27/h1-22H. The summed E-state index contributed by atoms with van der Waals surface area (Å²) in [6.07, 6.45) is 0. The molecule has 7 aromatic rings. The Morgan fingerprint density at radius 3 is 1.65 bits per heavy atom. The predicted octanol–water partition coefficient (Wildman–Crippen LogP) is 9.04. The van der Waals surface area contributed by atoms with Gasteiger partial charge in [0.1, 0.15) is 11.2 Å². The fraction of sp³-hybridized carbons (Fsp3) is 0. The second-order valence-electron chi connectivity index (χ2n) is 9.08. The first-order valence-corrected chi connectivity index (χ1v) is 12.3. The van der Waals surface area contributed by atoms with Crippen molar-refractivity contribution in [1.82, 2.24) is 9.97 Å². The van der Waals surface area contributed by atoms with Crippen LogP contribution in [0.2, 0.25) is 0 Å². The lowest BCUT2D eigenvalue weighted by Crippen LogP contribution is -1.95. The van der Waals surface area contributed by atoms with E-state index in [0.717, 1.165) is 67.0 Å². The second-order valence-corrected chi connectivity index (χ2v) is 9.08. The Hall–Kier alpha value is -5.02. The Morgan fingerprint density at radius 2 is 0.919 bits per heavy atom. The van der Waals surface area contributed by atoms with Crippen LogP contribution in [-0.2, 0) is 0 Å². The quantitative estimate of drug-likeness (QED) is 0.255. The minimum Gasteiger partial charge on any atom is -0.456 e. The van der Waals surface area contributed by atoms with Crippen molar-refractivity contribution in [1.29, 1.82) is 0 Å². The van der Waals surface area contributed by atoms with Gasteiger partial charge in [-0.25, -0.2) is 9.97 Å². The molecule has 37 heavy (non-hydrogen) atoms. The van der Waals surface area contributed by atoms with Gasteiger partial charge in [-0.3, -0.25) is 0 Å². The molecule has 2 heterocycles. The number of para-hydroxylation sites is 1.